The minimum atomic E-state index is -0.414. The van der Waals surface area contributed by atoms with Crippen LogP contribution in [-0.2, 0) is 10.8 Å². The highest BCUT2D eigenvalue weighted by Gasteiger charge is 2.42. The summed E-state index contributed by atoms with van der Waals surface area (Å²) in [5.74, 6) is 2.77. The number of ether oxygens (including phenoxy) is 2. The van der Waals surface area contributed by atoms with Crippen LogP contribution in [0.5, 0.6) is 23.0 Å². The second-order valence-electron chi connectivity index (χ2n) is 12.7. The van der Waals surface area contributed by atoms with Gasteiger partial charge in [0.05, 0.1) is 22.0 Å². The largest absolute Gasteiger partial charge is 0.457 e. The highest BCUT2D eigenvalue weighted by atomic mass is 16.6. The molecular formula is C36H38N2O6. The van der Waals surface area contributed by atoms with Crippen LogP contribution in [0, 0.1) is 40.0 Å². The van der Waals surface area contributed by atoms with Crippen LogP contribution in [0.1, 0.15) is 68.7 Å². The molecule has 8 heteroatoms. The molecule has 228 valence electrons. The number of hydrogen-bond donors (Lipinski definition) is 0. The molecule has 0 amide bonds. The molecule has 0 bridgehead atoms. The van der Waals surface area contributed by atoms with Crippen molar-refractivity contribution < 1.29 is 19.3 Å². The van der Waals surface area contributed by atoms with Crippen molar-refractivity contribution in [2.24, 2.45) is 5.92 Å². The Bertz CT molecular complexity index is 1700. The van der Waals surface area contributed by atoms with Gasteiger partial charge in [-0.05, 0) is 79.5 Å². The SMILES string of the molecule is Cc1cccc(C2(C)CCC(C(C)(C)c3cccc(C)c3Oc3cccc([N+](=O)[O-])c3)CC2)c1Oc1cccc([N+](=O)[O-])c1. The summed E-state index contributed by atoms with van der Waals surface area (Å²) in [5, 5.41) is 22.7. The maximum Gasteiger partial charge on any atom is 0.273 e. The van der Waals surface area contributed by atoms with Gasteiger partial charge in [0.25, 0.3) is 11.4 Å². The van der Waals surface area contributed by atoms with Crippen LogP contribution >= 0.6 is 0 Å². The monoisotopic (exact) mass is 594 g/mol. The number of nitro benzene ring substituents is 2. The molecule has 1 saturated carbocycles. The molecule has 1 fully saturated rings. The first-order chi connectivity index (χ1) is 20.9. The average molecular weight is 595 g/mol. The van der Waals surface area contributed by atoms with E-state index in [1.165, 1.54) is 24.3 Å². The van der Waals surface area contributed by atoms with Gasteiger partial charge in [-0.1, -0.05) is 69.3 Å². The van der Waals surface area contributed by atoms with E-state index in [1.807, 2.05) is 32.0 Å². The van der Waals surface area contributed by atoms with Gasteiger partial charge in [-0.2, -0.15) is 0 Å². The van der Waals surface area contributed by atoms with E-state index in [1.54, 1.807) is 24.3 Å². The molecule has 0 aliphatic heterocycles. The summed E-state index contributed by atoms with van der Waals surface area (Å²) >= 11 is 0. The van der Waals surface area contributed by atoms with Gasteiger partial charge in [-0.3, -0.25) is 20.2 Å². The van der Waals surface area contributed by atoms with Crippen molar-refractivity contribution in [1.29, 1.82) is 0 Å². The lowest BCUT2D eigenvalue weighted by molar-refractivity contribution is -0.385. The first-order valence-electron chi connectivity index (χ1n) is 14.9. The highest BCUT2D eigenvalue weighted by Crippen LogP contribution is 2.52. The number of rotatable bonds is 9. The van der Waals surface area contributed by atoms with Gasteiger partial charge < -0.3 is 9.47 Å². The quantitative estimate of drug-likeness (QED) is 0.141. The van der Waals surface area contributed by atoms with Gasteiger partial charge >= 0.3 is 0 Å². The van der Waals surface area contributed by atoms with Crippen LogP contribution < -0.4 is 9.47 Å². The average Bonchev–Trinajstić information content (AvgIpc) is 2.99. The molecule has 0 spiro atoms. The van der Waals surface area contributed by atoms with E-state index in [2.05, 4.69) is 39.0 Å². The van der Waals surface area contributed by atoms with Gasteiger partial charge in [0.2, 0.25) is 0 Å². The summed E-state index contributed by atoms with van der Waals surface area (Å²) in [6, 6.07) is 25.0. The van der Waals surface area contributed by atoms with Crippen molar-refractivity contribution in [2.45, 2.75) is 71.1 Å². The standard InChI is InChI=1S/C36H38N2O6/c1-24-10-6-16-31(33(24)43-29-14-8-12-27(22-29)37(39)40)35(3,4)26-18-20-36(5,21-19-26)32-17-7-11-25(2)34(32)44-30-15-9-13-28(23-30)38(41)42/h6-17,22-23,26H,18-21H2,1-5H3. The van der Waals surface area contributed by atoms with Crippen molar-refractivity contribution in [2.75, 3.05) is 0 Å². The van der Waals surface area contributed by atoms with Crippen molar-refractivity contribution >= 4 is 11.4 Å². The Morgan fingerprint density at radius 1 is 0.727 bits per heavy atom. The third-order valence-corrected chi connectivity index (χ3v) is 9.37. The molecule has 0 atom stereocenters. The van der Waals surface area contributed by atoms with Crippen LogP contribution in [0.4, 0.5) is 11.4 Å². The number of nitro groups is 2. The zero-order valence-electron chi connectivity index (χ0n) is 25.8. The zero-order chi connectivity index (χ0) is 31.6. The van der Waals surface area contributed by atoms with E-state index in [9.17, 15) is 20.2 Å². The molecule has 44 heavy (non-hydrogen) atoms. The predicted octanol–water partition coefficient (Wildman–Crippen LogP) is 10.1. The molecule has 5 rings (SSSR count). The van der Waals surface area contributed by atoms with Gasteiger partial charge in [-0.25, -0.2) is 0 Å². The Morgan fingerprint density at radius 3 is 1.75 bits per heavy atom. The van der Waals surface area contributed by atoms with Crippen molar-refractivity contribution in [3.05, 3.63) is 127 Å². The van der Waals surface area contributed by atoms with Crippen LogP contribution in [-0.4, -0.2) is 9.85 Å². The molecule has 0 unspecified atom stereocenters. The van der Waals surface area contributed by atoms with Gasteiger partial charge in [-0.15, -0.1) is 0 Å². The first kappa shape index (κ1) is 30.7. The fourth-order valence-electron chi connectivity index (χ4n) is 6.58. The minimum Gasteiger partial charge on any atom is -0.457 e. The Morgan fingerprint density at radius 2 is 1.20 bits per heavy atom. The Hall–Kier alpha value is -4.72. The highest BCUT2D eigenvalue weighted by molar-refractivity contribution is 5.51. The second-order valence-corrected chi connectivity index (χ2v) is 12.7. The van der Waals surface area contributed by atoms with Crippen LogP contribution in [0.3, 0.4) is 0 Å². The third kappa shape index (κ3) is 6.16. The number of aryl methyl sites for hydroxylation is 2. The van der Waals surface area contributed by atoms with E-state index in [0.29, 0.717) is 17.4 Å². The number of benzene rings is 4. The lowest BCUT2D eigenvalue weighted by Gasteiger charge is -2.45. The number of nitrogens with zero attached hydrogens (tertiary/aromatic N) is 2. The topological polar surface area (TPSA) is 105 Å². The van der Waals surface area contributed by atoms with E-state index < -0.39 is 9.85 Å². The van der Waals surface area contributed by atoms with E-state index in [-0.39, 0.29) is 22.2 Å². The summed E-state index contributed by atoms with van der Waals surface area (Å²) in [4.78, 5) is 21.9. The van der Waals surface area contributed by atoms with Gasteiger partial charge in [0.15, 0.2) is 0 Å². The fourth-order valence-corrected chi connectivity index (χ4v) is 6.58. The predicted molar refractivity (Wildman–Crippen MR) is 171 cm³/mol. The molecule has 0 aromatic heterocycles. The van der Waals surface area contributed by atoms with Crippen molar-refractivity contribution in [3.8, 4) is 23.0 Å². The third-order valence-electron chi connectivity index (χ3n) is 9.37. The second kappa shape index (κ2) is 12.1. The van der Waals surface area contributed by atoms with Crippen LogP contribution in [0.15, 0.2) is 84.9 Å². The van der Waals surface area contributed by atoms with E-state index in [4.69, 9.17) is 9.47 Å². The van der Waals surface area contributed by atoms with Crippen molar-refractivity contribution in [1.82, 2.24) is 0 Å². The van der Waals surface area contributed by atoms with Gasteiger partial charge in [0, 0.05) is 23.3 Å². The summed E-state index contributed by atoms with van der Waals surface area (Å²) < 4.78 is 12.7. The zero-order valence-corrected chi connectivity index (χ0v) is 25.8. The Kier molecular flexibility index (Phi) is 8.46. The number of non-ortho nitro benzene ring substituents is 2. The number of hydrogen-bond acceptors (Lipinski definition) is 6. The van der Waals surface area contributed by atoms with Gasteiger partial charge in [0.1, 0.15) is 23.0 Å². The molecule has 0 N–H and O–H groups in total. The minimum absolute atomic E-state index is 0.00318. The molecule has 8 nitrogen and oxygen atoms in total. The molecule has 4 aromatic carbocycles. The Labute approximate surface area is 258 Å². The summed E-state index contributed by atoms with van der Waals surface area (Å²) in [6.45, 7) is 10.8. The molecular weight excluding hydrogens is 556 g/mol. The lowest BCUT2D eigenvalue weighted by atomic mass is 9.60. The lowest BCUT2D eigenvalue weighted by Crippen LogP contribution is -2.37. The number of para-hydroxylation sites is 2. The normalized spacial score (nSPS) is 18.4. The Balaban J connectivity index is 1.39. The molecule has 4 aromatic rings. The maximum absolute atomic E-state index is 11.3. The molecule has 0 saturated heterocycles. The van der Waals surface area contributed by atoms with E-state index in [0.717, 1.165) is 59.4 Å². The smallest absolute Gasteiger partial charge is 0.273 e. The summed E-state index contributed by atoms with van der Waals surface area (Å²) in [6.07, 6.45) is 3.86. The molecule has 0 radical (unpaired) electrons. The van der Waals surface area contributed by atoms with Crippen LogP contribution in [0.25, 0.3) is 0 Å². The summed E-state index contributed by atoms with van der Waals surface area (Å²) in [5.41, 5.74) is 3.80. The van der Waals surface area contributed by atoms with E-state index >= 15 is 0 Å². The van der Waals surface area contributed by atoms with Crippen molar-refractivity contribution in [3.63, 3.8) is 0 Å². The maximum atomic E-state index is 11.3. The van der Waals surface area contributed by atoms with Crippen LogP contribution in [0.2, 0.25) is 0 Å². The summed E-state index contributed by atoms with van der Waals surface area (Å²) in [7, 11) is 0. The fraction of sp³-hybridized carbons (Fsp3) is 0.333. The molecule has 1 aliphatic carbocycles. The first-order valence-corrected chi connectivity index (χ1v) is 14.9. The molecule has 1 aliphatic rings. The molecule has 0 heterocycles.